The van der Waals surface area contributed by atoms with Gasteiger partial charge >= 0.3 is 6.18 Å². The van der Waals surface area contributed by atoms with E-state index in [2.05, 4.69) is 0 Å². The summed E-state index contributed by atoms with van der Waals surface area (Å²) < 4.78 is 37.6. The molecule has 0 saturated carbocycles. The number of benzene rings is 1. The van der Waals surface area contributed by atoms with Crippen LogP contribution in [0.1, 0.15) is 26.7 Å². The van der Waals surface area contributed by atoms with Gasteiger partial charge in [-0.2, -0.15) is 13.2 Å². The van der Waals surface area contributed by atoms with Crippen LogP contribution in [0.4, 0.5) is 13.2 Å². The summed E-state index contributed by atoms with van der Waals surface area (Å²) >= 11 is 1.29. The molecule has 0 heterocycles. The number of hydrogen-bond acceptors (Lipinski definition) is 2. The molecule has 1 nitrogen and oxygen atoms in total. The predicted molar refractivity (Wildman–Crippen MR) is 72.0 cm³/mol. The average molecular weight is 290 g/mol. The summed E-state index contributed by atoms with van der Waals surface area (Å²) in [6, 6.07) is 9.20. The van der Waals surface area contributed by atoms with Crippen molar-refractivity contribution in [3.05, 3.63) is 40.8 Å². The number of allylic oxidation sites excluding steroid dienone is 1. The molecule has 0 amide bonds. The van der Waals surface area contributed by atoms with Gasteiger partial charge in [0.2, 0.25) is 0 Å². The summed E-state index contributed by atoms with van der Waals surface area (Å²) in [5.74, 6) is 0. The number of alkyl halides is 3. The fraction of sp³-hybridized carbons (Fsp3) is 0.429. The van der Waals surface area contributed by atoms with Gasteiger partial charge in [0.25, 0.3) is 0 Å². The van der Waals surface area contributed by atoms with Crippen LogP contribution in [0, 0.1) is 0 Å². The first-order valence-electron chi connectivity index (χ1n) is 6.03. The van der Waals surface area contributed by atoms with Crippen LogP contribution in [0.3, 0.4) is 0 Å². The van der Waals surface area contributed by atoms with Gasteiger partial charge in [0.1, 0.15) is 0 Å². The number of rotatable bonds is 5. The van der Waals surface area contributed by atoms with Crippen LogP contribution in [0.5, 0.6) is 0 Å². The van der Waals surface area contributed by atoms with Gasteiger partial charge in [-0.15, -0.1) is 0 Å². The van der Waals surface area contributed by atoms with Crippen LogP contribution in [-0.4, -0.2) is 17.4 Å². The van der Waals surface area contributed by atoms with Crippen molar-refractivity contribution in [2.24, 2.45) is 0 Å². The normalized spacial score (nSPS) is 15.1. The molecule has 19 heavy (non-hydrogen) atoms. The molecular weight excluding hydrogens is 273 g/mol. The SMILES string of the molecule is CCC/C(Sc1ccccc1)=C(/C)[C@@H](O)C(F)(F)F. The van der Waals surface area contributed by atoms with Crippen molar-refractivity contribution in [2.45, 2.75) is 43.9 Å². The summed E-state index contributed by atoms with van der Waals surface area (Å²) in [5, 5.41) is 9.33. The van der Waals surface area contributed by atoms with E-state index in [1.165, 1.54) is 18.7 Å². The second kappa shape index (κ2) is 7.01. The highest BCUT2D eigenvalue weighted by atomic mass is 32.2. The number of hydrogen-bond donors (Lipinski definition) is 1. The number of thioether (sulfide) groups is 1. The second-order valence-electron chi connectivity index (χ2n) is 4.22. The molecule has 5 heteroatoms. The molecular formula is C14H17F3OS. The minimum absolute atomic E-state index is 0.0109. The monoisotopic (exact) mass is 290 g/mol. The zero-order valence-corrected chi connectivity index (χ0v) is 11.7. The average Bonchev–Trinajstić information content (AvgIpc) is 2.36. The molecule has 1 N–H and O–H groups in total. The van der Waals surface area contributed by atoms with E-state index in [0.29, 0.717) is 11.3 Å². The van der Waals surface area contributed by atoms with Crippen LogP contribution in [0.2, 0.25) is 0 Å². The van der Waals surface area contributed by atoms with Crippen LogP contribution in [0.25, 0.3) is 0 Å². The number of halogens is 3. The lowest BCUT2D eigenvalue weighted by molar-refractivity contribution is -0.191. The molecule has 0 aliphatic carbocycles. The molecule has 1 atom stereocenters. The summed E-state index contributed by atoms with van der Waals surface area (Å²) in [5.41, 5.74) is -0.0109. The molecule has 1 rings (SSSR count). The Bertz CT molecular complexity index is 426. The molecule has 0 aromatic heterocycles. The van der Waals surface area contributed by atoms with Gasteiger partial charge < -0.3 is 5.11 Å². The Kier molecular flexibility index (Phi) is 5.94. The van der Waals surface area contributed by atoms with Gasteiger partial charge in [0.05, 0.1) is 0 Å². The molecule has 0 spiro atoms. The molecule has 0 saturated heterocycles. The first kappa shape index (κ1) is 16.1. The maximum Gasteiger partial charge on any atom is 0.418 e. The van der Waals surface area contributed by atoms with Crippen LogP contribution < -0.4 is 0 Å². The molecule has 0 fully saturated rings. The van der Waals surface area contributed by atoms with Crippen LogP contribution in [0.15, 0.2) is 45.7 Å². The van der Waals surface area contributed by atoms with E-state index < -0.39 is 12.3 Å². The van der Waals surface area contributed by atoms with E-state index in [9.17, 15) is 18.3 Å². The lowest BCUT2D eigenvalue weighted by Gasteiger charge is -2.19. The number of aliphatic hydroxyl groups excluding tert-OH is 1. The Morgan fingerprint density at radius 2 is 1.84 bits per heavy atom. The van der Waals surface area contributed by atoms with Crippen molar-refractivity contribution in [1.29, 1.82) is 0 Å². The Labute approximate surface area is 115 Å². The first-order chi connectivity index (χ1) is 8.86. The zero-order valence-electron chi connectivity index (χ0n) is 10.9. The maximum absolute atomic E-state index is 12.5. The van der Waals surface area contributed by atoms with Gasteiger partial charge in [-0.3, -0.25) is 0 Å². The van der Waals surface area contributed by atoms with E-state index in [1.54, 1.807) is 0 Å². The number of aliphatic hydroxyl groups is 1. The smallest absolute Gasteiger partial charge is 0.379 e. The fourth-order valence-corrected chi connectivity index (χ4v) is 2.74. The lowest BCUT2D eigenvalue weighted by Crippen LogP contribution is -2.30. The highest BCUT2D eigenvalue weighted by Gasteiger charge is 2.40. The van der Waals surface area contributed by atoms with E-state index in [1.807, 2.05) is 37.3 Å². The Morgan fingerprint density at radius 3 is 2.32 bits per heavy atom. The van der Waals surface area contributed by atoms with Crippen molar-refractivity contribution < 1.29 is 18.3 Å². The van der Waals surface area contributed by atoms with Crippen molar-refractivity contribution in [3.8, 4) is 0 Å². The van der Waals surface area contributed by atoms with Crippen molar-refractivity contribution in [2.75, 3.05) is 0 Å². The first-order valence-corrected chi connectivity index (χ1v) is 6.85. The Balaban J connectivity index is 2.98. The Hall–Kier alpha value is -0.940. The highest BCUT2D eigenvalue weighted by Crippen LogP contribution is 2.36. The molecule has 0 aliphatic rings. The maximum atomic E-state index is 12.5. The highest BCUT2D eigenvalue weighted by molar-refractivity contribution is 8.03. The largest absolute Gasteiger partial charge is 0.418 e. The summed E-state index contributed by atoms with van der Waals surface area (Å²) in [6.07, 6.45) is -5.74. The topological polar surface area (TPSA) is 20.2 Å². The Morgan fingerprint density at radius 1 is 1.26 bits per heavy atom. The molecule has 0 bridgehead atoms. The molecule has 106 valence electrons. The molecule has 0 unspecified atom stereocenters. The van der Waals surface area contributed by atoms with Crippen molar-refractivity contribution in [1.82, 2.24) is 0 Å². The third kappa shape index (κ3) is 4.91. The van der Waals surface area contributed by atoms with E-state index in [4.69, 9.17) is 0 Å². The predicted octanol–water partition coefficient (Wildman–Crippen LogP) is 4.78. The third-order valence-electron chi connectivity index (χ3n) is 2.62. The van der Waals surface area contributed by atoms with E-state index >= 15 is 0 Å². The van der Waals surface area contributed by atoms with E-state index in [-0.39, 0.29) is 5.57 Å². The van der Waals surface area contributed by atoms with Gasteiger partial charge in [0, 0.05) is 4.90 Å². The summed E-state index contributed by atoms with van der Waals surface area (Å²) in [4.78, 5) is 1.46. The molecule has 0 radical (unpaired) electrons. The lowest BCUT2D eigenvalue weighted by atomic mass is 10.1. The molecule has 1 aromatic carbocycles. The fourth-order valence-electron chi connectivity index (χ4n) is 1.58. The van der Waals surface area contributed by atoms with Gasteiger partial charge in [-0.1, -0.05) is 43.3 Å². The quantitative estimate of drug-likeness (QED) is 0.788. The summed E-state index contributed by atoms with van der Waals surface area (Å²) in [7, 11) is 0. The van der Waals surface area contributed by atoms with Gasteiger partial charge in [0.15, 0.2) is 6.10 Å². The summed E-state index contributed by atoms with van der Waals surface area (Å²) in [6.45, 7) is 3.25. The minimum Gasteiger partial charge on any atom is -0.379 e. The van der Waals surface area contributed by atoms with Gasteiger partial charge in [-0.25, -0.2) is 0 Å². The van der Waals surface area contributed by atoms with Crippen LogP contribution >= 0.6 is 11.8 Å². The zero-order chi connectivity index (χ0) is 14.5. The molecule has 0 aliphatic heterocycles. The third-order valence-corrected chi connectivity index (χ3v) is 3.90. The molecule has 1 aromatic rings. The van der Waals surface area contributed by atoms with Crippen LogP contribution in [-0.2, 0) is 0 Å². The minimum atomic E-state index is -4.61. The standard InChI is InChI=1S/C14H17F3OS/c1-3-7-12(10(2)13(18)14(15,16)17)19-11-8-5-4-6-9-11/h4-6,8-9,13,18H,3,7H2,1-2H3/b12-10+/t13-/m1/s1. The second-order valence-corrected chi connectivity index (χ2v) is 5.38. The van der Waals surface area contributed by atoms with Crippen molar-refractivity contribution in [3.63, 3.8) is 0 Å². The van der Waals surface area contributed by atoms with Gasteiger partial charge in [-0.05, 0) is 36.0 Å². The van der Waals surface area contributed by atoms with Crippen molar-refractivity contribution >= 4 is 11.8 Å². The van der Waals surface area contributed by atoms with E-state index in [0.717, 1.165) is 11.3 Å².